The predicted molar refractivity (Wildman–Crippen MR) is 91.4 cm³/mol. The van der Waals surface area contributed by atoms with E-state index in [0.717, 1.165) is 0 Å². The summed E-state index contributed by atoms with van der Waals surface area (Å²) in [6, 6.07) is 5.92. The van der Waals surface area contributed by atoms with Gasteiger partial charge in [0.15, 0.2) is 6.10 Å². The van der Waals surface area contributed by atoms with Crippen molar-refractivity contribution in [2.75, 3.05) is 26.8 Å². The fourth-order valence-electron chi connectivity index (χ4n) is 1.76. The molecule has 2 N–H and O–H groups in total. The number of hydrogen-bond donors (Lipinski definition) is 2. The van der Waals surface area contributed by atoms with E-state index in [1.165, 1.54) is 31.4 Å². The molecule has 1 rings (SSSR count). The third-order valence-corrected chi connectivity index (χ3v) is 4.58. The summed E-state index contributed by atoms with van der Waals surface area (Å²) in [5.41, 5.74) is 0. The molecule has 0 radical (unpaired) electrons. The number of benzene rings is 1. The van der Waals surface area contributed by atoms with Gasteiger partial charge in [-0.15, -0.1) is 0 Å². The molecule has 0 spiro atoms. The first-order valence-corrected chi connectivity index (χ1v) is 9.27. The van der Waals surface area contributed by atoms with Crippen LogP contribution in [-0.2, 0) is 19.6 Å². The standard InChI is InChI=1S/C16H26N2O5S/c1-12(2)11-17-16(19)13(3)23-14-5-7-15(8-6-14)24(20,21)18-9-10-22-4/h5-8,12-13,18H,9-11H2,1-4H3,(H,17,19)/t13-/m1/s1. The molecule has 0 aliphatic carbocycles. The number of nitrogens with one attached hydrogen (secondary N) is 2. The van der Waals surface area contributed by atoms with Gasteiger partial charge in [-0.05, 0) is 37.1 Å². The van der Waals surface area contributed by atoms with Crippen LogP contribution in [0, 0.1) is 5.92 Å². The SMILES string of the molecule is COCCNS(=O)(=O)c1ccc(O[C@H](C)C(=O)NCC(C)C)cc1. The number of carbonyl (C=O) groups is 1. The van der Waals surface area contributed by atoms with Crippen molar-refractivity contribution < 1.29 is 22.7 Å². The highest BCUT2D eigenvalue weighted by molar-refractivity contribution is 7.89. The average Bonchev–Trinajstić information content (AvgIpc) is 2.53. The van der Waals surface area contributed by atoms with Crippen molar-refractivity contribution in [3.63, 3.8) is 0 Å². The summed E-state index contributed by atoms with van der Waals surface area (Å²) in [7, 11) is -2.08. The second-order valence-electron chi connectivity index (χ2n) is 5.76. The van der Waals surface area contributed by atoms with Crippen LogP contribution >= 0.6 is 0 Å². The van der Waals surface area contributed by atoms with Crippen LogP contribution in [0.5, 0.6) is 5.75 Å². The van der Waals surface area contributed by atoms with E-state index in [4.69, 9.17) is 9.47 Å². The quantitative estimate of drug-likeness (QED) is 0.612. The Bertz CT molecular complexity index is 614. The van der Waals surface area contributed by atoms with Crippen LogP contribution in [0.15, 0.2) is 29.2 Å². The van der Waals surface area contributed by atoms with Crippen LogP contribution in [0.4, 0.5) is 0 Å². The van der Waals surface area contributed by atoms with Crippen molar-refractivity contribution in [1.29, 1.82) is 0 Å². The molecule has 1 aromatic rings. The van der Waals surface area contributed by atoms with Gasteiger partial charge in [0.25, 0.3) is 5.91 Å². The van der Waals surface area contributed by atoms with Crippen molar-refractivity contribution in [2.45, 2.75) is 31.8 Å². The van der Waals surface area contributed by atoms with Gasteiger partial charge < -0.3 is 14.8 Å². The van der Waals surface area contributed by atoms with Gasteiger partial charge in [0, 0.05) is 20.2 Å². The molecular weight excluding hydrogens is 332 g/mol. The molecule has 0 saturated heterocycles. The maximum Gasteiger partial charge on any atom is 0.260 e. The topological polar surface area (TPSA) is 93.7 Å². The van der Waals surface area contributed by atoms with Crippen LogP contribution in [-0.4, -0.2) is 47.2 Å². The summed E-state index contributed by atoms with van der Waals surface area (Å²) in [6.07, 6.45) is -0.661. The number of ether oxygens (including phenoxy) is 2. The Balaban J connectivity index is 2.62. The van der Waals surface area contributed by atoms with Gasteiger partial charge in [0.1, 0.15) is 5.75 Å². The monoisotopic (exact) mass is 358 g/mol. The predicted octanol–water partition coefficient (Wildman–Crippen LogP) is 1.15. The van der Waals surface area contributed by atoms with Gasteiger partial charge in [-0.2, -0.15) is 0 Å². The van der Waals surface area contributed by atoms with Crippen molar-refractivity contribution in [3.8, 4) is 5.75 Å². The van der Waals surface area contributed by atoms with Crippen LogP contribution in [0.25, 0.3) is 0 Å². The molecule has 1 aromatic carbocycles. The number of methoxy groups -OCH3 is 1. The molecule has 24 heavy (non-hydrogen) atoms. The Morgan fingerprint density at radius 3 is 2.33 bits per heavy atom. The van der Waals surface area contributed by atoms with Crippen LogP contribution in [0.3, 0.4) is 0 Å². The lowest BCUT2D eigenvalue weighted by molar-refractivity contribution is -0.127. The lowest BCUT2D eigenvalue weighted by Crippen LogP contribution is -2.38. The molecule has 7 nitrogen and oxygen atoms in total. The molecule has 0 heterocycles. The summed E-state index contributed by atoms with van der Waals surface area (Å²) >= 11 is 0. The number of hydrogen-bond acceptors (Lipinski definition) is 5. The minimum Gasteiger partial charge on any atom is -0.481 e. The summed E-state index contributed by atoms with van der Waals surface area (Å²) in [5, 5.41) is 2.78. The molecule has 0 aromatic heterocycles. The Labute approximate surface area is 143 Å². The van der Waals surface area contributed by atoms with E-state index < -0.39 is 16.1 Å². The Kier molecular flexibility index (Phi) is 8.17. The minimum atomic E-state index is -3.58. The highest BCUT2D eigenvalue weighted by atomic mass is 32.2. The first-order chi connectivity index (χ1) is 11.3. The summed E-state index contributed by atoms with van der Waals surface area (Å²) in [5.74, 6) is 0.580. The number of carbonyl (C=O) groups excluding carboxylic acids is 1. The summed E-state index contributed by atoms with van der Waals surface area (Å²) in [6.45, 7) is 6.73. The molecule has 8 heteroatoms. The van der Waals surface area contributed by atoms with E-state index in [-0.39, 0.29) is 17.3 Å². The highest BCUT2D eigenvalue weighted by Crippen LogP contribution is 2.17. The zero-order chi connectivity index (χ0) is 18.2. The van der Waals surface area contributed by atoms with Gasteiger partial charge in [-0.25, -0.2) is 13.1 Å². The highest BCUT2D eigenvalue weighted by Gasteiger charge is 2.16. The van der Waals surface area contributed by atoms with Crippen LogP contribution < -0.4 is 14.8 Å². The summed E-state index contributed by atoms with van der Waals surface area (Å²) < 4.78 is 36.8. The average molecular weight is 358 g/mol. The molecule has 0 aliphatic rings. The largest absolute Gasteiger partial charge is 0.481 e. The van der Waals surface area contributed by atoms with Crippen molar-refractivity contribution >= 4 is 15.9 Å². The van der Waals surface area contributed by atoms with Gasteiger partial charge in [0.05, 0.1) is 11.5 Å². The molecular formula is C16H26N2O5S. The smallest absolute Gasteiger partial charge is 0.260 e. The fourth-order valence-corrected chi connectivity index (χ4v) is 2.78. The fraction of sp³-hybridized carbons (Fsp3) is 0.562. The number of rotatable bonds is 10. The van der Waals surface area contributed by atoms with Crippen molar-refractivity contribution in [1.82, 2.24) is 10.0 Å². The zero-order valence-corrected chi connectivity index (χ0v) is 15.4. The zero-order valence-electron chi connectivity index (χ0n) is 14.5. The minimum absolute atomic E-state index is 0.128. The second-order valence-corrected chi connectivity index (χ2v) is 7.53. The number of sulfonamides is 1. The Hall–Kier alpha value is -1.64. The van der Waals surface area contributed by atoms with E-state index in [1.807, 2.05) is 13.8 Å². The lowest BCUT2D eigenvalue weighted by Gasteiger charge is -2.16. The van der Waals surface area contributed by atoms with Crippen LogP contribution in [0.2, 0.25) is 0 Å². The maximum atomic E-state index is 12.0. The molecule has 0 unspecified atom stereocenters. The van der Waals surface area contributed by atoms with E-state index >= 15 is 0 Å². The Morgan fingerprint density at radius 1 is 1.17 bits per heavy atom. The molecule has 0 aliphatic heterocycles. The molecule has 0 saturated carbocycles. The van der Waals surface area contributed by atoms with Crippen molar-refractivity contribution in [3.05, 3.63) is 24.3 Å². The first kappa shape index (κ1) is 20.4. The normalized spacial score (nSPS) is 12.9. The van der Waals surface area contributed by atoms with E-state index in [2.05, 4.69) is 10.0 Å². The maximum absolute atomic E-state index is 12.0. The Morgan fingerprint density at radius 2 is 1.79 bits per heavy atom. The van der Waals surface area contributed by atoms with E-state index in [1.54, 1.807) is 6.92 Å². The third kappa shape index (κ3) is 6.86. The molecule has 1 atom stereocenters. The third-order valence-electron chi connectivity index (χ3n) is 3.10. The van der Waals surface area contributed by atoms with Gasteiger partial charge >= 0.3 is 0 Å². The van der Waals surface area contributed by atoms with E-state index in [9.17, 15) is 13.2 Å². The molecule has 0 fully saturated rings. The molecule has 136 valence electrons. The van der Waals surface area contributed by atoms with Gasteiger partial charge in [-0.1, -0.05) is 13.8 Å². The van der Waals surface area contributed by atoms with Crippen LogP contribution in [0.1, 0.15) is 20.8 Å². The van der Waals surface area contributed by atoms with Crippen molar-refractivity contribution in [2.24, 2.45) is 5.92 Å². The number of amides is 1. The van der Waals surface area contributed by atoms with Gasteiger partial charge in [0.2, 0.25) is 10.0 Å². The second kappa shape index (κ2) is 9.61. The summed E-state index contributed by atoms with van der Waals surface area (Å²) in [4.78, 5) is 12.0. The molecule has 1 amide bonds. The van der Waals surface area contributed by atoms with E-state index in [0.29, 0.717) is 24.8 Å². The molecule has 0 bridgehead atoms. The first-order valence-electron chi connectivity index (χ1n) is 7.79. The lowest BCUT2D eigenvalue weighted by atomic mass is 10.2. The van der Waals surface area contributed by atoms with Gasteiger partial charge in [-0.3, -0.25) is 4.79 Å².